The van der Waals surface area contributed by atoms with E-state index in [2.05, 4.69) is 50.0 Å². The Hall–Kier alpha value is -1.11. The quantitative estimate of drug-likeness (QED) is 0.693. The minimum absolute atomic E-state index is 0.187. The van der Waals surface area contributed by atoms with Crippen LogP contribution in [0.15, 0.2) is 29.3 Å². The van der Waals surface area contributed by atoms with Gasteiger partial charge in [-0.15, -0.1) is 0 Å². The average Bonchev–Trinajstić information content (AvgIpc) is 2.50. The second-order valence-corrected chi connectivity index (χ2v) is 4.65. The van der Waals surface area contributed by atoms with Gasteiger partial charge < -0.3 is 0 Å². The molecule has 0 radical (unpaired) electrons. The van der Waals surface area contributed by atoms with Crippen molar-refractivity contribution in [3.05, 3.63) is 29.8 Å². The first kappa shape index (κ1) is 10.4. The molecule has 1 unspecified atom stereocenters. The van der Waals surface area contributed by atoms with Crippen molar-refractivity contribution in [3.63, 3.8) is 0 Å². The smallest absolute Gasteiger partial charge is 0.0670 e. The van der Waals surface area contributed by atoms with Gasteiger partial charge in [0.15, 0.2) is 0 Å². The van der Waals surface area contributed by atoms with Crippen LogP contribution in [0.25, 0.3) is 0 Å². The van der Waals surface area contributed by atoms with Crippen LogP contribution in [0.2, 0.25) is 0 Å². The van der Waals surface area contributed by atoms with Gasteiger partial charge in [0.25, 0.3) is 0 Å². The first-order valence-corrected chi connectivity index (χ1v) is 5.84. The molecule has 2 rings (SSSR count). The fourth-order valence-corrected chi connectivity index (χ4v) is 2.38. The van der Waals surface area contributed by atoms with Crippen LogP contribution in [0.3, 0.4) is 0 Å². The third-order valence-electron chi connectivity index (χ3n) is 3.62. The molecule has 1 aliphatic heterocycles. The average molecular weight is 201 g/mol. The predicted octanol–water partition coefficient (Wildman–Crippen LogP) is 4.24. The van der Waals surface area contributed by atoms with Crippen molar-refractivity contribution in [2.24, 2.45) is 4.99 Å². The number of hydrogen-bond donors (Lipinski definition) is 0. The summed E-state index contributed by atoms with van der Waals surface area (Å²) in [6, 6.07) is 8.54. The van der Waals surface area contributed by atoms with Gasteiger partial charge in [0.2, 0.25) is 0 Å². The number of para-hydroxylation sites is 1. The standard InChI is InChI=1S/C14H19N/c1-4-5-10-14(3)11(2)15-13-9-7-6-8-12(13)14/h6-9H,4-5,10H2,1-3H3. The fraction of sp³-hybridized carbons (Fsp3) is 0.500. The second kappa shape index (κ2) is 3.80. The second-order valence-electron chi connectivity index (χ2n) is 4.65. The van der Waals surface area contributed by atoms with Gasteiger partial charge in [-0.1, -0.05) is 44.9 Å². The summed E-state index contributed by atoms with van der Waals surface area (Å²) in [5, 5.41) is 0. The highest BCUT2D eigenvalue weighted by Gasteiger charge is 2.35. The van der Waals surface area contributed by atoms with Gasteiger partial charge in [0.1, 0.15) is 0 Å². The Morgan fingerprint density at radius 1 is 1.27 bits per heavy atom. The molecule has 1 atom stereocenters. The van der Waals surface area contributed by atoms with E-state index < -0.39 is 0 Å². The van der Waals surface area contributed by atoms with Gasteiger partial charge in [-0.25, -0.2) is 0 Å². The SMILES string of the molecule is CCCCC1(C)C(C)=Nc2ccccc21. The molecule has 0 saturated heterocycles. The summed E-state index contributed by atoms with van der Waals surface area (Å²) in [7, 11) is 0. The van der Waals surface area contributed by atoms with Crippen LogP contribution < -0.4 is 0 Å². The lowest BCUT2D eigenvalue weighted by Crippen LogP contribution is -2.27. The molecule has 1 aromatic rings. The first-order chi connectivity index (χ1) is 7.18. The van der Waals surface area contributed by atoms with Crippen molar-refractivity contribution in [2.75, 3.05) is 0 Å². The number of unbranched alkanes of at least 4 members (excludes halogenated alkanes) is 1. The molecule has 1 aromatic carbocycles. The third-order valence-corrected chi connectivity index (χ3v) is 3.62. The zero-order valence-electron chi connectivity index (χ0n) is 9.88. The highest BCUT2D eigenvalue weighted by atomic mass is 14.8. The number of rotatable bonds is 3. The maximum absolute atomic E-state index is 4.67. The first-order valence-electron chi connectivity index (χ1n) is 5.84. The Bertz CT molecular complexity index is 392. The summed E-state index contributed by atoms with van der Waals surface area (Å²) in [6.45, 7) is 6.74. The zero-order chi connectivity index (χ0) is 10.9. The van der Waals surface area contributed by atoms with E-state index >= 15 is 0 Å². The predicted molar refractivity (Wildman–Crippen MR) is 66.1 cm³/mol. The van der Waals surface area contributed by atoms with Crippen LogP contribution in [-0.2, 0) is 5.41 Å². The summed E-state index contributed by atoms with van der Waals surface area (Å²) in [5.41, 5.74) is 4.05. The number of benzene rings is 1. The van der Waals surface area contributed by atoms with Crippen LogP contribution in [-0.4, -0.2) is 5.71 Å². The van der Waals surface area contributed by atoms with Crippen LogP contribution >= 0.6 is 0 Å². The molecule has 1 aliphatic rings. The number of nitrogens with zero attached hydrogens (tertiary/aromatic N) is 1. The molecule has 0 amide bonds. The monoisotopic (exact) mass is 201 g/mol. The van der Waals surface area contributed by atoms with E-state index in [9.17, 15) is 0 Å². The molecule has 0 saturated carbocycles. The highest BCUT2D eigenvalue weighted by molar-refractivity contribution is 5.99. The Kier molecular flexibility index (Phi) is 2.64. The molecule has 80 valence electrons. The van der Waals surface area contributed by atoms with Gasteiger partial charge in [0, 0.05) is 11.1 Å². The van der Waals surface area contributed by atoms with E-state index in [0.29, 0.717) is 0 Å². The van der Waals surface area contributed by atoms with E-state index in [0.717, 1.165) is 0 Å². The summed E-state index contributed by atoms with van der Waals surface area (Å²) >= 11 is 0. The molecular formula is C14H19N. The molecule has 0 fully saturated rings. The lowest BCUT2D eigenvalue weighted by molar-refractivity contribution is 0.548. The molecule has 0 aliphatic carbocycles. The fourth-order valence-electron chi connectivity index (χ4n) is 2.38. The molecule has 0 bridgehead atoms. The maximum Gasteiger partial charge on any atom is 0.0670 e. The van der Waals surface area contributed by atoms with E-state index in [1.54, 1.807) is 0 Å². The molecule has 0 N–H and O–H groups in total. The van der Waals surface area contributed by atoms with Gasteiger partial charge >= 0.3 is 0 Å². The van der Waals surface area contributed by atoms with Gasteiger partial charge in [0.05, 0.1) is 5.69 Å². The molecular weight excluding hydrogens is 182 g/mol. The van der Waals surface area contributed by atoms with Crippen molar-refractivity contribution in [1.82, 2.24) is 0 Å². The number of aliphatic imine (C=N–C) groups is 1. The van der Waals surface area contributed by atoms with E-state index in [1.807, 2.05) is 0 Å². The lowest BCUT2D eigenvalue weighted by Gasteiger charge is -2.25. The Balaban J connectivity index is 2.37. The summed E-state index contributed by atoms with van der Waals surface area (Å²) < 4.78 is 0. The largest absolute Gasteiger partial charge is 0.257 e. The lowest BCUT2D eigenvalue weighted by atomic mass is 9.76. The summed E-state index contributed by atoms with van der Waals surface area (Å²) in [4.78, 5) is 4.67. The maximum atomic E-state index is 4.67. The Morgan fingerprint density at radius 2 is 2.00 bits per heavy atom. The Morgan fingerprint density at radius 3 is 2.73 bits per heavy atom. The summed E-state index contributed by atoms with van der Waals surface area (Å²) in [5.74, 6) is 0. The van der Waals surface area contributed by atoms with Crippen molar-refractivity contribution < 1.29 is 0 Å². The topological polar surface area (TPSA) is 12.4 Å². The molecule has 1 heteroatoms. The van der Waals surface area contributed by atoms with Crippen molar-refractivity contribution in [1.29, 1.82) is 0 Å². The summed E-state index contributed by atoms with van der Waals surface area (Å²) in [6.07, 6.45) is 3.75. The normalized spacial score (nSPS) is 23.8. The minimum atomic E-state index is 0.187. The molecule has 0 spiro atoms. The minimum Gasteiger partial charge on any atom is -0.257 e. The van der Waals surface area contributed by atoms with E-state index in [-0.39, 0.29) is 5.41 Å². The molecule has 0 aromatic heterocycles. The van der Waals surface area contributed by atoms with Crippen LogP contribution in [0.4, 0.5) is 5.69 Å². The van der Waals surface area contributed by atoms with Gasteiger partial charge in [-0.05, 0) is 25.0 Å². The van der Waals surface area contributed by atoms with Crippen molar-refractivity contribution >= 4 is 11.4 Å². The third kappa shape index (κ3) is 1.60. The van der Waals surface area contributed by atoms with E-state index in [1.165, 1.54) is 36.2 Å². The van der Waals surface area contributed by atoms with Crippen LogP contribution in [0.5, 0.6) is 0 Å². The number of fused-ring (bicyclic) bond motifs is 1. The molecule has 1 heterocycles. The van der Waals surface area contributed by atoms with Gasteiger partial charge in [-0.2, -0.15) is 0 Å². The highest BCUT2D eigenvalue weighted by Crippen LogP contribution is 2.42. The molecule has 15 heavy (non-hydrogen) atoms. The molecule has 1 nitrogen and oxygen atoms in total. The Labute approximate surface area is 92.2 Å². The van der Waals surface area contributed by atoms with Crippen molar-refractivity contribution in [2.45, 2.75) is 45.4 Å². The van der Waals surface area contributed by atoms with E-state index in [4.69, 9.17) is 0 Å². The van der Waals surface area contributed by atoms with Crippen LogP contribution in [0.1, 0.15) is 45.6 Å². The van der Waals surface area contributed by atoms with Gasteiger partial charge in [-0.3, -0.25) is 4.99 Å². The zero-order valence-corrected chi connectivity index (χ0v) is 9.88. The van der Waals surface area contributed by atoms with Crippen LogP contribution in [0, 0.1) is 0 Å². The number of hydrogen-bond acceptors (Lipinski definition) is 1. The van der Waals surface area contributed by atoms with Crippen molar-refractivity contribution in [3.8, 4) is 0 Å².